The number of aromatic nitrogens is 1. The Hall–Kier alpha value is -0.750. The van der Waals surface area contributed by atoms with Gasteiger partial charge in [-0.25, -0.2) is 4.98 Å². The van der Waals surface area contributed by atoms with Crippen LogP contribution in [0.5, 0.6) is 0 Å². The molecule has 2 unspecified atom stereocenters. The molecule has 2 rings (SSSR count). The van der Waals surface area contributed by atoms with Crippen molar-refractivity contribution in [2.45, 2.75) is 38.9 Å². The third-order valence-electron chi connectivity index (χ3n) is 3.78. The van der Waals surface area contributed by atoms with Crippen molar-refractivity contribution in [1.82, 2.24) is 9.88 Å². The Kier molecular flexibility index (Phi) is 5.93. The molecule has 0 saturated heterocycles. The molecule has 2 atom stereocenters. The summed E-state index contributed by atoms with van der Waals surface area (Å²) in [5, 5.41) is 0. The zero-order valence-corrected chi connectivity index (χ0v) is 15.1. The van der Waals surface area contributed by atoms with Crippen molar-refractivity contribution in [3.8, 4) is 0 Å². The number of likely N-dealkylation sites (N-methyl/N-ethyl adjacent to an activating group) is 1. The first kappa shape index (κ1) is 16.6. The number of rotatable bonds is 6. The topological polar surface area (TPSA) is 42.1 Å². The van der Waals surface area contributed by atoms with Crippen molar-refractivity contribution in [3.63, 3.8) is 0 Å². The van der Waals surface area contributed by atoms with Gasteiger partial charge in [-0.1, -0.05) is 35.0 Å². The molecule has 2 N–H and O–H groups in total. The van der Waals surface area contributed by atoms with Gasteiger partial charge in [0.15, 0.2) is 0 Å². The number of thiazole rings is 1. The number of nitrogens with zero attached hydrogens (tertiary/aromatic N) is 2. The van der Waals surface area contributed by atoms with Crippen molar-refractivity contribution in [3.05, 3.63) is 50.4 Å². The minimum absolute atomic E-state index is 0.109. The maximum Gasteiger partial charge on any atom is 0.0798 e. The molecule has 3 nitrogen and oxygen atoms in total. The second kappa shape index (κ2) is 7.49. The van der Waals surface area contributed by atoms with E-state index in [0.717, 1.165) is 23.1 Å². The molecule has 1 aromatic carbocycles. The molecule has 114 valence electrons. The van der Waals surface area contributed by atoms with Gasteiger partial charge in [0.1, 0.15) is 0 Å². The molecule has 1 aromatic heterocycles. The van der Waals surface area contributed by atoms with Gasteiger partial charge in [-0.05, 0) is 38.1 Å². The summed E-state index contributed by atoms with van der Waals surface area (Å²) in [6.07, 6.45) is 0.948. The number of nitrogens with two attached hydrogens (primary N) is 1. The molecule has 0 bridgehead atoms. The van der Waals surface area contributed by atoms with Gasteiger partial charge in [0.2, 0.25) is 0 Å². The van der Waals surface area contributed by atoms with E-state index in [-0.39, 0.29) is 12.1 Å². The van der Waals surface area contributed by atoms with Crippen LogP contribution in [0.2, 0.25) is 0 Å². The summed E-state index contributed by atoms with van der Waals surface area (Å²) >= 11 is 5.27. The van der Waals surface area contributed by atoms with Gasteiger partial charge in [0, 0.05) is 28.0 Å². The van der Waals surface area contributed by atoms with Crippen LogP contribution in [0.25, 0.3) is 0 Å². The van der Waals surface area contributed by atoms with Crippen molar-refractivity contribution in [1.29, 1.82) is 0 Å². The van der Waals surface area contributed by atoms with Gasteiger partial charge in [0.25, 0.3) is 0 Å². The SMILES string of the molecule is CCC(N)C(c1cccc(Br)c1)N(C)Cc1scnc1C. The molecule has 5 heteroatoms. The predicted molar refractivity (Wildman–Crippen MR) is 93.5 cm³/mol. The van der Waals surface area contributed by atoms with E-state index in [1.807, 2.05) is 11.6 Å². The third kappa shape index (κ3) is 4.13. The van der Waals surface area contributed by atoms with Crippen LogP contribution in [-0.4, -0.2) is 23.0 Å². The molecule has 1 heterocycles. The van der Waals surface area contributed by atoms with Crippen molar-refractivity contribution in [2.75, 3.05) is 7.05 Å². The molecule has 0 aliphatic rings. The molecule has 0 amide bonds. The lowest BCUT2D eigenvalue weighted by Crippen LogP contribution is -2.38. The van der Waals surface area contributed by atoms with E-state index >= 15 is 0 Å². The normalized spacial score (nSPS) is 14.4. The van der Waals surface area contributed by atoms with Gasteiger partial charge < -0.3 is 5.73 Å². The summed E-state index contributed by atoms with van der Waals surface area (Å²) < 4.78 is 1.09. The number of halogens is 1. The van der Waals surface area contributed by atoms with Crippen LogP contribution in [0.3, 0.4) is 0 Å². The van der Waals surface area contributed by atoms with Gasteiger partial charge in [-0.15, -0.1) is 11.3 Å². The van der Waals surface area contributed by atoms with Gasteiger partial charge in [0.05, 0.1) is 11.2 Å². The molecule has 2 aromatic rings. The Bertz CT molecular complexity index is 584. The highest BCUT2D eigenvalue weighted by atomic mass is 79.9. The molecule has 0 aliphatic heterocycles. The zero-order chi connectivity index (χ0) is 15.4. The van der Waals surface area contributed by atoms with E-state index in [0.29, 0.717) is 0 Å². The van der Waals surface area contributed by atoms with Crippen molar-refractivity contribution < 1.29 is 0 Å². The van der Waals surface area contributed by atoms with Crippen LogP contribution in [0.15, 0.2) is 34.2 Å². The fraction of sp³-hybridized carbons (Fsp3) is 0.438. The Morgan fingerprint density at radius 3 is 2.76 bits per heavy atom. The number of aryl methyl sites for hydroxylation is 1. The maximum atomic E-state index is 6.40. The van der Waals surface area contributed by atoms with E-state index in [4.69, 9.17) is 5.73 Å². The number of hydrogen-bond acceptors (Lipinski definition) is 4. The average Bonchev–Trinajstić information content (AvgIpc) is 2.84. The van der Waals surface area contributed by atoms with Crippen molar-refractivity contribution in [2.24, 2.45) is 5.73 Å². The van der Waals surface area contributed by atoms with Gasteiger partial charge in [-0.2, -0.15) is 0 Å². The first-order valence-corrected chi connectivity index (χ1v) is 8.80. The Morgan fingerprint density at radius 2 is 2.19 bits per heavy atom. The quantitative estimate of drug-likeness (QED) is 0.834. The summed E-state index contributed by atoms with van der Waals surface area (Å²) in [6.45, 7) is 5.08. The van der Waals surface area contributed by atoms with Gasteiger partial charge in [-0.3, -0.25) is 4.90 Å². The first-order valence-electron chi connectivity index (χ1n) is 7.13. The zero-order valence-electron chi connectivity index (χ0n) is 12.7. The summed E-state index contributed by atoms with van der Waals surface area (Å²) in [7, 11) is 2.14. The monoisotopic (exact) mass is 367 g/mol. The van der Waals surface area contributed by atoms with E-state index in [9.17, 15) is 0 Å². The van der Waals surface area contributed by atoms with Crippen LogP contribution in [-0.2, 0) is 6.54 Å². The van der Waals surface area contributed by atoms with Crippen molar-refractivity contribution >= 4 is 27.3 Å². The molecule has 0 saturated carbocycles. The minimum Gasteiger partial charge on any atom is -0.326 e. The molecular weight excluding hydrogens is 346 g/mol. The second-order valence-corrected chi connectivity index (χ2v) is 7.20. The Morgan fingerprint density at radius 1 is 1.43 bits per heavy atom. The van der Waals surface area contributed by atoms with E-state index < -0.39 is 0 Å². The number of hydrogen-bond donors (Lipinski definition) is 1. The molecule has 0 aliphatic carbocycles. The van der Waals surface area contributed by atoms with E-state index in [1.165, 1.54) is 10.4 Å². The average molecular weight is 368 g/mol. The fourth-order valence-electron chi connectivity index (χ4n) is 2.55. The summed E-state index contributed by atoms with van der Waals surface area (Å²) in [6, 6.07) is 8.75. The molecule has 0 fully saturated rings. The summed E-state index contributed by atoms with van der Waals surface area (Å²) in [5.41, 5.74) is 10.7. The Labute approximate surface area is 139 Å². The fourth-order valence-corrected chi connectivity index (χ4v) is 3.80. The van der Waals surface area contributed by atoms with Crippen LogP contribution < -0.4 is 5.73 Å². The van der Waals surface area contributed by atoms with Gasteiger partial charge >= 0.3 is 0 Å². The van der Waals surface area contributed by atoms with Crippen LogP contribution in [0.4, 0.5) is 0 Å². The summed E-state index contributed by atoms with van der Waals surface area (Å²) in [4.78, 5) is 7.97. The maximum absolute atomic E-state index is 6.40. The lowest BCUT2D eigenvalue weighted by molar-refractivity contribution is 0.203. The van der Waals surface area contributed by atoms with Crippen LogP contribution in [0.1, 0.15) is 35.5 Å². The lowest BCUT2D eigenvalue weighted by atomic mass is 9.96. The minimum atomic E-state index is 0.109. The molecular formula is C16H22BrN3S. The second-order valence-electron chi connectivity index (χ2n) is 5.35. The third-order valence-corrected chi connectivity index (χ3v) is 5.19. The van der Waals surface area contributed by atoms with Crippen LogP contribution in [0, 0.1) is 6.92 Å². The highest BCUT2D eigenvalue weighted by Crippen LogP contribution is 2.28. The molecule has 0 spiro atoms. The number of benzene rings is 1. The lowest BCUT2D eigenvalue weighted by Gasteiger charge is -2.32. The Balaban J connectivity index is 2.25. The highest BCUT2D eigenvalue weighted by Gasteiger charge is 2.24. The highest BCUT2D eigenvalue weighted by molar-refractivity contribution is 9.10. The molecule has 0 radical (unpaired) electrons. The standard InChI is InChI=1S/C16H22BrN3S/c1-4-14(18)16(12-6-5-7-13(17)8-12)20(3)9-15-11(2)19-10-21-15/h5-8,10,14,16H,4,9,18H2,1-3H3. The van der Waals surface area contributed by atoms with E-state index in [1.54, 1.807) is 11.3 Å². The first-order chi connectivity index (χ1) is 10.0. The summed E-state index contributed by atoms with van der Waals surface area (Å²) in [5.74, 6) is 0. The van der Waals surface area contributed by atoms with E-state index in [2.05, 4.69) is 64.9 Å². The molecule has 21 heavy (non-hydrogen) atoms. The smallest absolute Gasteiger partial charge is 0.0798 e. The predicted octanol–water partition coefficient (Wildman–Crippen LogP) is 4.12. The largest absolute Gasteiger partial charge is 0.326 e. The van der Waals surface area contributed by atoms with Crippen LogP contribution >= 0.6 is 27.3 Å².